The molecule has 1 aliphatic heterocycles. The number of benzene rings is 1. The van der Waals surface area contributed by atoms with E-state index in [9.17, 15) is 22.4 Å². The van der Waals surface area contributed by atoms with E-state index in [0.717, 1.165) is 12.1 Å². The monoisotopic (exact) mass is 249 g/mol. The van der Waals surface area contributed by atoms with Gasteiger partial charge < -0.3 is 10.1 Å². The lowest BCUT2D eigenvalue weighted by molar-refractivity contribution is -0.105. The van der Waals surface area contributed by atoms with Crippen LogP contribution in [0.1, 0.15) is 11.6 Å². The summed E-state index contributed by atoms with van der Waals surface area (Å²) < 4.78 is 57.1. The molecule has 1 atom stereocenters. The molecule has 0 bridgehead atoms. The van der Waals surface area contributed by atoms with Crippen LogP contribution < -0.4 is 5.32 Å². The molecule has 0 unspecified atom stereocenters. The largest absolute Gasteiger partial charge is 0.443 e. The first-order chi connectivity index (χ1) is 7.90. The molecule has 0 aliphatic carbocycles. The molecule has 7 heteroatoms. The van der Waals surface area contributed by atoms with Crippen molar-refractivity contribution in [1.82, 2.24) is 5.32 Å². The number of amides is 1. The molecular weight excluding hydrogens is 242 g/mol. The molecule has 2 rings (SSSR count). The van der Waals surface area contributed by atoms with Crippen LogP contribution in [-0.4, -0.2) is 18.6 Å². The Morgan fingerprint density at radius 1 is 1.35 bits per heavy atom. The molecule has 1 aromatic rings. The van der Waals surface area contributed by atoms with Crippen molar-refractivity contribution in [2.75, 3.05) is 6.61 Å². The normalized spacial score (nSPS) is 22.8. The van der Waals surface area contributed by atoms with E-state index in [-0.39, 0.29) is 0 Å². The average Bonchev–Trinajstić information content (AvgIpc) is 2.26. The quantitative estimate of drug-likeness (QED) is 0.776. The summed E-state index contributed by atoms with van der Waals surface area (Å²) in [6, 6.07) is 0.222. The van der Waals surface area contributed by atoms with Gasteiger partial charge in [0.05, 0.1) is 0 Å². The Hall–Kier alpha value is -1.79. The maximum absolute atomic E-state index is 13.4. The van der Waals surface area contributed by atoms with E-state index in [1.807, 2.05) is 0 Å². The standard InChI is InChI=1S/C10H7F4NO2/c11-5-1-2-7(12)6(3-5)8-10(13,14)4-17-9(16)15-8/h1-3,8H,4H2,(H,15,16)/t8-/m0/s1. The predicted octanol–water partition coefficient (Wildman–Crippen LogP) is 2.38. The summed E-state index contributed by atoms with van der Waals surface area (Å²) in [6.45, 7) is -1.17. The van der Waals surface area contributed by atoms with Crippen LogP contribution in [0.15, 0.2) is 18.2 Å². The fraction of sp³-hybridized carbons (Fsp3) is 0.300. The van der Waals surface area contributed by atoms with Crippen molar-refractivity contribution in [3.05, 3.63) is 35.4 Å². The van der Waals surface area contributed by atoms with Gasteiger partial charge in [-0.2, -0.15) is 0 Å². The zero-order valence-corrected chi connectivity index (χ0v) is 8.34. The van der Waals surface area contributed by atoms with Crippen molar-refractivity contribution in [2.24, 2.45) is 0 Å². The second-order valence-corrected chi connectivity index (χ2v) is 3.58. The van der Waals surface area contributed by atoms with Gasteiger partial charge in [0.15, 0.2) is 6.61 Å². The first-order valence-electron chi connectivity index (χ1n) is 4.66. The number of hydrogen-bond donors (Lipinski definition) is 1. The summed E-state index contributed by atoms with van der Waals surface area (Å²) >= 11 is 0. The number of rotatable bonds is 1. The van der Waals surface area contributed by atoms with Crippen LogP contribution in [0.5, 0.6) is 0 Å². The Kier molecular flexibility index (Phi) is 2.68. The zero-order valence-electron chi connectivity index (χ0n) is 8.34. The lowest BCUT2D eigenvalue weighted by Crippen LogP contribution is -2.49. The molecule has 92 valence electrons. The van der Waals surface area contributed by atoms with Gasteiger partial charge in [-0.15, -0.1) is 0 Å². The van der Waals surface area contributed by atoms with Crippen molar-refractivity contribution < 1.29 is 27.1 Å². The minimum Gasteiger partial charge on any atom is -0.443 e. The number of ether oxygens (including phenoxy) is 1. The number of nitrogens with one attached hydrogen (secondary N) is 1. The Morgan fingerprint density at radius 2 is 2.06 bits per heavy atom. The van der Waals surface area contributed by atoms with Crippen molar-refractivity contribution in [3.8, 4) is 0 Å². The molecule has 1 fully saturated rings. The third kappa shape index (κ3) is 2.17. The van der Waals surface area contributed by atoms with Gasteiger partial charge >= 0.3 is 12.0 Å². The van der Waals surface area contributed by atoms with Crippen LogP contribution >= 0.6 is 0 Å². The number of cyclic esters (lactones) is 1. The molecular formula is C10H7F4NO2. The van der Waals surface area contributed by atoms with E-state index in [2.05, 4.69) is 4.74 Å². The number of halogens is 4. The maximum atomic E-state index is 13.4. The van der Waals surface area contributed by atoms with Crippen LogP contribution in [-0.2, 0) is 4.74 Å². The molecule has 17 heavy (non-hydrogen) atoms. The lowest BCUT2D eigenvalue weighted by Gasteiger charge is -2.31. The number of hydrogen-bond acceptors (Lipinski definition) is 2. The molecule has 0 saturated carbocycles. The van der Waals surface area contributed by atoms with Gasteiger partial charge in [-0.3, -0.25) is 0 Å². The van der Waals surface area contributed by atoms with Crippen molar-refractivity contribution in [3.63, 3.8) is 0 Å². The number of carbonyl (C=O) groups excluding carboxylic acids is 1. The Balaban J connectivity index is 2.42. The van der Waals surface area contributed by atoms with E-state index in [1.54, 1.807) is 5.32 Å². The van der Waals surface area contributed by atoms with Gasteiger partial charge in [-0.25, -0.2) is 22.4 Å². The third-order valence-electron chi connectivity index (χ3n) is 2.35. The van der Waals surface area contributed by atoms with Gasteiger partial charge in [0.2, 0.25) is 0 Å². The highest BCUT2D eigenvalue weighted by molar-refractivity contribution is 5.69. The molecule has 0 radical (unpaired) electrons. The predicted molar refractivity (Wildman–Crippen MR) is 48.5 cm³/mol. The summed E-state index contributed by atoms with van der Waals surface area (Å²) in [5.74, 6) is -5.38. The summed E-state index contributed by atoms with van der Waals surface area (Å²) in [5.41, 5.74) is -0.605. The van der Waals surface area contributed by atoms with Crippen molar-refractivity contribution >= 4 is 6.09 Å². The van der Waals surface area contributed by atoms with Gasteiger partial charge in [0.1, 0.15) is 17.7 Å². The Labute approximate surface area is 93.4 Å². The smallest absolute Gasteiger partial charge is 0.408 e. The molecule has 1 heterocycles. The zero-order chi connectivity index (χ0) is 12.6. The minimum atomic E-state index is -3.50. The molecule has 0 spiro atoms. The van der Waals surface area contributed by atoms with Gasteiger partial charge in [0, 0.05) is 5.56 Å². The average molecular weight is 249 g/mol. The van der Waals surface area contributed by atoms with Crippen LogP contribution in [0.3, 0.4) is 0 Å². The van der Waals surface area contributed by atoms with Crippen molar-refractivity contribution in [2.45, 2.75) is 12.0 Å². The highest BCUT2D eigenvalue weighted by Gasteiger charge is 2.47. The molecule has 0 aromatic heterocycles. The van der Waals surface area contributed by atoms with E-state index in [4.69, 9.17) is 0 Å². The fourth-order valence-electron chi connectivity index (χ4n) is 1.55. The highest BCUT2D eigenvalue weighted by Crippen LogP contribution is 2.35. The highest BCUT2D eigenvalue weighted by atomic mass is 19.3. The summed E-state index contributed by atoms with van der Waals surface area (Å²) in [5, 5.41) is 1.77. The van der Waals surface area contributed by atoms with Crippen LogP contribution in [0.25, 0.3) is 0 Å². The minimum absolute atomic E-state index is 0.605. The lowest BCUT2D eigenvalue weighted by atomic mass is 9.99. The first-order valence-corrected chi connectivity index (χ1v) is 4.66. The van der Waals surface area contributed by atoms with Gasteiger partial charge in [-0.05, 0) is 18.2 Å². The number of alkyl carbamates (subject to hydrolysis) is 1. The molecule has 1 aliphatic rings. The van der Waals surface area contributed by atoms with Gasteiger partial charge in [0.25, 0.3) is 0 Å². The van der Waals surface area contributed by atoms with Crippen molar-refractivity contribution in [1.29, 1.82) is 0 Å². The second kappa shape index (κ2) is 3.90. The van der Waals surface area contributed by atoms with E-state index < -0.39 is 41.9 Å². The summed E-state index contributed by atoms with van der Waals surface area (Å²) in [6.07, 6.45) is -1.09. The first kappa shape index (κ1) is 11.7. The summed E-state index contributed by atoms with van der Waals surface area (Å²) in [7, 11) is 0. The summed E-state index contributed by atoms with van der Waals surface area (Å²) in [4.78, 5) is 10.8. The van der Waals surface area contributed by atoms with Crippen LogP contribution in [0, 0.1) is 11.6 Å². The Bertz CT molecular complexity index is 464. The molecule has 1 amide bonds. The maximum Gasteiger partial charge on any atom is 0.408 e. The molecule has 3 nitrogen and oxygen atoms in total. The van der Waals surface area contributed by atoms with Gasteiger partial charge in [-0.1, -0.05) is 0 Å². The SMILES string of the molecule is O=C1N[C@@H](c2cc(F)ccc2F)C(F)(F)CO1. The van der Waals surface area contributed by atoms with E-state index in [0.29, 0.717) is 6.07 Å². The van der Waals surface area contributed by atoms with Crippen LogP contribution in [0.4, 0.5) is 22.4 Å². The Morgan fingerprint density at radius 3 is 2.76 bits per heavy atom. The second-order valence-electron chi connectivity index (χ2n) is 3.58. The molecule has 1 aromatic carbocycles. The van der Waals surface area contributed by atoms with Crippen LogP contribution in [0.2, 0.25) is 0 Å². The third-order valence-corrected chi connectivity index (χ3v) is 2.35. The number of alkyl halides is 2. The fourth-order valence-corrected chi connectivity index (χ4v) is 1.55. The molecule has 1 saturated heterocycles. The molecule has 1 N–H and O–H groups in total. The van der Waals surface area contributed by atoms with E-state index >= 15 is 0 Å². The van der Waals surface area contributed by atoms with E-state index in [1.165, 1.54) is 0 Å². The number of carbonyl (C=O) groups is 1. The topological polar surface area (TPSA) is 38.3 Å².